The van der Waals surface area contributed by atoms with E-state index >= 15 is 0 Å². The summed E-state index contributed by atoms with van der Waals surface area (Å²) in [6, 6.07) is 0. The summed E-state index contributed by atoms with van der Waals surface area (Å²) in [6.45, 7) is 0. The van der Waals surface area contributed by atoms with Gasteiger partial charge in [0, 0.05) is 0 Å². The van der Waals surface area contributed by atoms with Gasteiger partial charge < -0.3 is 0 Å². The molecule has 13 heavy (non-hydrogen) atoms. The summed E-state index contributed by atoms with van der Waals surface area (Å²) in [6.07, 6.45) is -5.16. The maximum absolute atomic E-state index is 12.5. The summed E-state index contributed by atoms with van der Waals surface area (Å²) >= 11 is 0. The van der Waals surface area contributed by atoms with Crippen molar-refractivity contribution in [2.24, 2.45) is 5.92 Å². The lowest BCUT2D eigenvalue weighted by Crippen LogP contribution is -2.37. The molecule has 1 saturated heterocycles. The zero-order valence-electron chi connectivity index (χ0n) is 6.11. The fraction of sp³-hybridized carbons (Fsp3) is 1.00. The third-order valence-corrected chi connectivity index (χ3v) is 3.40. The van der Waals surface area contributed by atoms with Crippen molar-refractivity contribution in [1.29, 1.82) is 0 Å². The van der Waals surface area contributed by atoms with Gasteiger partial charge in [-0.2, -0.15) is 13.2 Å². The van der Waals surface area contributed by atoms with Gasteiger partial charge in [-0.25, -0.2) is 17.2 Å². The first-order valence-electron chi connectivity index (χ1n) is 3.19. The van der Waals surface area contributed by atoms with Gasteiger partial charge in [-0.1, -0.05) is 0 Å². The molecular weight excluding hydrogens is 219 g/mol. The fourth-order valence-corrected chi connectivity index (χ4v) is 3.01. The first-order valence-corrected chi connectivity index (χ1v) is 5.02. The Labute approximate surface area is 70.6 Å². The van der Waals surface area contributed by atoms with Crippen LogP contribution in [0.4, 0.5) is 22.0 Å². The number of hydrogen-bond donors (Lipinski definition) is 0. The highest BCUT2D eigenvalue weighted by Crippen LogP contribution is 2.44. The van der Waals surface area contributed by atoms with Crippen LogP contribution in [-0.2, 0) is 9.84 Å². The second-order valence-corrected chi connectivity index (χ2v) is 5.02. The topological polar surface area (TPSA) is 34.1 Å². The third kappa shape index (κ3) is 2.09. The molecule has 0 aromatic heterocycles. The van der Waals surface area contributed by atoms with Gasteiger partial charge in [0.1, 0.15) is 11.7 Å². The summed E-state index contributed by atoms with van der Waals surface area (Å²) < 4.78 is 81.6. The van der Waals surface area contributed by atoms with Crippen molar-refractivity contribution in [3.8, 4) is 0 Å². The molecule has 1 atom stereocenters. The van der Waals surface area contributed by atoms with Crippen molar-refractivity contribution in [1.82, 2.24) is 0 Å². The molecule has 1 aliphatic heterocycles. The molecule has 0 amide bonds. The van der Waals surface area contributed by atoms with Crippen LogP contribution in [0.2, 0.25) is 0 Å². The van der Waals surface area contributed by atoms with E-state index in [1.54, 1.807) is 0 Å². The van der Waals surface area contributed by atoms with E-state index in [-0.39, 0.29) is 0 Å². The van der Waals surface area contributed by atoms with Crippen LogP contribution >= 0.6 is 0 Å². The van der Waals surface area contributed by atoms with Gasteiger partial charge in [0.25, 0.3) is 5.92 Å². The van der Waals surface area contributed by atoms with E-state index in [1.807, 2.05) is 0 Å². The molecule has 2 nitrogen and oxygen atoms in total. The van der Waals surface area contributed by atoms with Crippen molar-refractivity contribution in [2.75, 3.05) is 11.5 Å². The summed E-state index contributed by atoms with van der Waals surface area (Å²) in [5.41, 5.74) is 0. The number of halogens is 5. The Morgan fingerprint density at radius 2 is 1.69 bits per heavy atom. The highest BCUT2D eigenvalue weighted by atomic mass is 32.2. The van der Waals surface area contributed by atoms with Crippen LogP contribution in [0.5, 0.6) is 0 Å². The molecule has 0 aromatic rings. The van der Waals surface area contributed by atoms with Crippen LogP contribution in [0.3, 0.4) is 0 Å². The van der Waals surface area contributed by atoms with Gasteiger partial charge in [-0.05, 0) is 0 Å². The minimum absolute atomic E-state index is 1.51. The lowest BCUT2D eigenvalue weighted by molar-refractivity contribution is -0.221. The molecule has 1 fully saturated rings. The zero-order chi connectivity index (χ0) is 10.5. The fourth-order valence-electron chi connectivity index (χ4n) is 1.16. The molecule has 78 valence electrons. The first-order chi connectivity index (χ1) is 5.55. The Morgan fingerprint density at radius 1 is 1.23 bits per heavy atom. The van der Waals surface area contributed by atoms with E-state index in [0.29, 0.717) is 0 Å². The lowest BCUT2D eigenvalue weighted by atomic mass is 10.1. The predicted molar refractivity (Wildman–Crippen MR) is 33.1 cm³/mol. The summed E-state index contributed by atoms with van der Waals surface area (Å²) in [5.74, 6) is -10.4. The normalized spacial score (nSPS) is 31.9. The van der Waals surface area contributed by atoms with Crippen LogP contribution < -0.4 is 0 Å². The maximum atomic E-state index is 12.5. The van der Waals surface area contributed by atoms with Crippen molar-refractivity contribution >= 4 is 9.84 Å². The summed E-state index contributed by atoms with van der Waals surface area (Å²) in [4.78, 5) is 0. The molecule has 0 bridgehead atoms. The second kappa shape index (κ2) is 2.55. The molecule has 8 heteroatoms. The largest absolute Gasteiger partial charge is 0.398 e. The molecule has 0 N–H and O–H groups in total. The van der Waals surface area contributed by atoms with E-state index in [0.717, 1.165) is 0 Å². The first kappa shape index (κ1) is 10.7. The number of sulfone groups is 1. The summed E-state index contributed by atoms with van der Waals surface area (Å²) in [5, 5.41) is 0. The summed E-state index contributed by atoms with van der Waals surface area (Å²) in [7, 11) is -4.26. The van der Waals surface area contributed by atoms with Crippen molar-refractivity contribution in [3.63, 3.8) is 0 Å². The molecule has 0 aliphatic carbocycles. The quantitative estimate of drug-likeness (QED) is 0.580. The number of alkyl halides is 5. The highest BCUT2D eigenvalue weighted by molar-refractivity contribution is 7.91. The molecular formula is C5H5F5O2S. The Hall–Kier alpha value is -0.400. The van der Waals surface area contributed by atoms with Crippen LogP contribution in [0.25, 0.3) is 0 Å². The molecule has 1 rings (SSSR count). The van der Waals surface area contributed by atoms with Crippen molar-refractivity contribution in [3.05, 3.63) is 0 Å². The van der Waals surface area contributed by atoms with Crippen LogP contribution in [0.15, 0.2) is 0 Å². The molecule has 0 saturated carbocycles. The van der Waals surface area contributed by atoms with E-state index in [2.05, 4.69) is 0 Å². The van der Waals surface area contributed by atoms with E-state index in [4.69, 9.17) is 0 Å². The molecule has 1 unspecified atom stereocenters. The van der Waals surface area contributed by atoms with Gasteiger partial charge in [0.05, 0.1) is 5.75 Å². The Balaban J connectivity index is 3.03. The van der Waals surface area contributed by atoms with Gasteiger partial charge in [-0.3, -0.25) is 0 Å². The highest BCUT2D eigenvalue weighted by Gasteiger charge is 2.63. The average molecular weight is 224 g/mol. The van der Waals surface area contributed by atoms with Gasteiger partial charge in [0.2, 0.25) is 0 Å². The Kier molecular flexibility index (Phi) is 2.10. The molecule has 1 heterocycles. The SMILES string of the molecule is O=S1(=O)CC(C(F)(F)F)C(F)(F)C1. The van der Waals surface area contributed by atoms with Gasteiger partial charge >= 0.3 is 6.18 Å². The Morgan fingerprint density at radius 3 is 1.85 bits per heavy atom. The molecule has 0 radical (unpaired) electrons. The number of hydrogen-bond acceptors (Lipinski definition) is 2. The molecule has 1 aliphatic rings. The standard InChI is InChI=1S/C5H5F5O2S/c6-4(7)2-13(11,12)1-3(4)5(8,9)10/h3H,1-2H2. The van der Waals surface area contributed by atoms with Crippen LogP contribution in [0, 0.1) is 5.92 Å². The van der Waals surface area contributed by atoms with E-state index in [1.165, 1.54) is 0 Å². The molecule has 0 spiro atoms. The van der Waals surface area contributed by atoms with Crippen molar-refractivity contribution < 1.29 is 30.4 Å². The smallest absolute Gasteiger partial charge is 0.229 e. The minimum Gasteiger partial charge on any atom is -0.229 e. The second-order valence-electron chi connectivity index (χ2n) is 2.91. The van der Waals surface area contributed by atoms with Crippen molar-refractivity contribution in [2.45, 2.75) is 12.1 Å². The number of rotatable bonds is 0. The van der Waals surface area contributed by atoms with E-state index in [9.17, 15) is 30.4 Å². The third-order valence-electron chi connectivity index (χ3n) is 1.74. The van der Waals surface area contributed by atoms with Crippen LogP contribution in [0.1, 0.15) is 0 Å². The maximum Gasteiger partial charge on any atom is 0.398 e. The van der Waals surface area contributed by atoms with E-state index < -0.39 is 39.4 Å². The Bertz CT molecular complexity index is 303. The van der Waals surface area contributed by atoms with Gasteiger partial charge in [-0.15, -0.1) is 0 Å². The van der Waals surface area contributed by atoms with Gasteiger partial charge in [0.15, 0.2) is 9.84 Å². The lowest BCUT2D eigenvalue weighted by Gasteiger charge is -2.19. The average Bonchev–Trinajstić information content (AvgIpc) is 1.97. The predicted octanol–water partition coefficient (Wildman–Crippen LogP) is 1.23. The zero-order valence-corrected chi connectivity index (χ0v) is 6.92. The molecule has 0 aromatic carbocycles. The monoisotopic (exact) mass is 224 g/mol. The minimum atomic E-state index is -5.16. The van der Waals surface area contributed by atoms with Crippen LogP contribution in [-0.4, -0.2) is 32.0 Å².